The van der Waals surface area contributed by atoms with E-state index in [1.165, 1.54) is 0 Å². The van der Waals surface area contributed by atoms with E-state index in [0.29, 0.717) is 13.1 Å². The second kappa shape index (κ2) is 10.3. The Labute approximate surface area is 155 Å². The lowest BCUT2D eigenvalue weighted by atomic mass is 10.2. The minimum Gasteiger partial charge on any atom is -0.338 e. The second-order valence-electron chi connectivity index (χ2n) is 6.15. The predicted octanol–water partition coefficient (Wildman–Crippen LogP) is 3.09. The molecule has 1 rings (SSSR count). The van der Waals surface area contributed by atoms with Gasteiger partial charge in [-0.1, -0.05) is 24.3 Å². The number of hydrogen-bond donors (Lipinski definition) is 1. The molecule has 25 heavy (non-hydrogen) atoms. The van der Waals surface area contributed by atoms with Crippen molar-refractivity contribution in [2.75, 3.05) is 38.3 Å². The van der Waals surface area contributed by atoms with Gasteiger partial charge in [0.15, 0.2) is 0 Å². The highest BCUT2D eigenvalue weighted by Crippen LogP contribution is 2.24. The Bertz CT molecular complexity index is 618. The monoisotopic (exact) mass is 363 g/mol. The maximum atomic E-state index is 12.6. The van der Waals surface area contributed by atoms with Crippen molar-refractivity contribution in [3.63, 3.8) is 0 Å². The van der Waals surface area contributed by atoms with Gasteiger partial charge in [-0.3, -0.25) is 14.5 Å². The molecule has 0 fully saturated rings. The number of carbonyl (C=O) groups is 2. The van der Waals surface area contributed by atoms with Crippen LogP contribution < -0.4 is 5.32 Å². The van der Waals surface area contributed by atoms with Crippen molar-refractivity contribution in [1.29, 1.82) is 0 Å². The molecule has 0 bridgehead atoms. The van der Waals surface area contributed by atoms with E-state index >= 15 is 0 Å². The molecule has 2 amide bonds. The van der Waals surface area contributed by atoms with Gasteiger partial charge >= 0.3 is 0 Å². The Kier molecular flexibility index (Phi) is 8.72. The second-order valence-corrected chi connectivity index (χ2v) is 7.00. The molecule has 0 saturated carbocycles. The van der Waals surface area contributed by atoms with E-state index in [1.807, 2.05) is 51.3 Å². The van der Waals surface area contributed by atoms with Gasteiger partial charge in [0, 0.05) is 18.0 Å². The molecule has 0 aliphatic rings. The highest BCUT2D eigenvalue weighted by atomic mass is 32.2. The van der Waals surface area contributed by atoms with Gasteiger partial charge in [-0.2, -0.15) is 0 Å². The summed E-state index contributed by atoms with van der Waals surface area (Å²) in [5.41, 5.74) is 1.74. The van der Waals surface area contributed by atoms with Crippen LogP contribution in [0.25, 0.3) is 0 Å². The van der Waals surface area contributed by atoms with E-state index < -0.39 is 0 Å². The first-order chi connectivity index (χ1) is 11.8. The van der Waals surface area contributed by atoms with Crippen LogP contribution in [0.5, 0.6) is 0 Å². The fraction of sp³-hybridized carbons (Fsp3) is 0.474. The maximum Gasteiger partial charge on any atom is 0.239 e. The molecular weight excluding hydrogens is 334 g/mol. The molecule has 5 nitrogen and oxygen atoms in total. The molecule has 0 radical (unpaired) electrons. The summed E-state index contributed by atoms with van der Waals surface area (Å²) in [5, 5.41) is 2.92. The van der Waals surface area contributed by atoms with Crippen LogP contribution in [0.3, 0.4) is 0 Å². The average Bonchev–Trinajstić information content (AvgIpc) is 2.58. The van der Waals surface area contributed by atoms with Gasteiger partial charge < -0.3 is 10.2 Å². The first-order valence-corrected chi connectivity index (χ1v) is 9.58. The third-order valence-corrected chi connectivity index (χ3v) is 4.74. The first kappa shape index (κ1) is 21.3. The van der Waals surface area contributed by atoms with Crippen LogP contribution in [0.2, 0.25) is 0 Å². The number of likely N-dealkylation sites (N-methyl/N-ethyl adjacent to an activating group) is 2. The van der Waals surface area contributed by atoms with Crippen LogP contribution in [0.4, 0.5) is 5.69 Å². The summed E-state index contributed by atoms with van der Waals surface area (Å²) in [7, 11) is 1.79. The number of nitrogens with zero attached hydrogens (tertiary/aromatic N) is 2. The molecule has 1 unspecified atom stereocenters. The minimum atomic E-state index is -0.374. The SMILES string of the molecule is C=C(C)CN(CC)C(=O)C(C)N(C)CC(=O)Nc1ccccc1SC. The van der Waals surface area contributed by atoms with Crippen molar-refractivity contribution in [3.8, 4) is 0 Å². The van der Waals surface area contributed by atoms with Gasteiger partial charge in [0.05, 0.1) is 18.3 Å². The summed E-state index contributed by atoms with van der Waals surface area (Å²) in [6.45, 7) is 10.9. The third-order valence-electron chi connectivity index (χ3n) is 3.95. The topological polar surface area (TPSA) is 52.7 Å². The van der Waals surface area contributed by atoms with Crippen LogP contribution in [-0.4, -0.2) is 60.6 Å². The zero-order valence-electron chi connectivity index (χ0n) is 15.8. The Balaban J connectivity index is 2.67. The Morgan fingerprint density at radius 3 is 2.48 bits per heavy atom. The van der Waals surface area contributed by atoms with Gasteiger partial charge in [0.1, 0.15) is 0 Å². The normalized spacial score (nSPS) is 11.9. The standard InChI is InChI=1S/C19H29N3O2S/c1-7-22(12-14(2)3)19(24)15(4)21(5)13-18(23)20-16-10-8-9-11-17(16)25-6/h8-11,15H,2,7,12-13H2,1,3-6H3,(H,20,23). The van der Waals surface area contributed by atoms with E-state index in [2.05, 4.69) is 11.9 Å². The molecule has 1 atom stereocenters. The molecule has 6 heteroatoms. The Hall–Kier alpha value is -1.79. The number of benzene rings is 1. The molecule has 1 N–H and O–H groups in total. The maximum absolute atomic E-state index is 12.6. The molecule has 1 aromatic carbocycles. The van der Waals surface area contributed by atoms with Crippen LogP contribution in [0.15, 0.2) is 41.3 Å². The molecule has 0 aliphatic carbocycles. The lowest BCUT2D eigenvalue weighted by molar-refractivity contribution is -0.135. The van der Waals surface area contributed by atoms with Gasteiger partial charge in [-0.05, 0) is 46.2 Å². The summed E-state index contributed by atoms with van der Waals surface area (Å²) in [6, 6.07) is 7.30. The molecule has 1 aromatic rings. The molecule has 0 aromatic heterocycles. The number of amides is 2. The number of nitrogens with one attached hydrogen (secondary N) is 1. The van der Waals surface area contributed by atoms with Gasteiger partial charge in [-0.15, -0.1) is 11.8 Å². The van der Waals surface area contributed by atoms with E-state index in [1.54, 1.807) is 28.6 Å². The first-order valence-electron chi connectivity index (χ1n) is 8.36. The number of carbonyl (C=O) groups excluding carboxylic acids is 2. The highest BCUT2D eigenvalue weighted by Gasteiger charge is 2.24. The van der Waals surface area contributed by atoms with Crippen LogP contribution in [-0.2, 0) is 9.59 Å². The van der Waals surface area contributed by atoms with Gasteiger partial charge in [0.2, 0.25) is 11.8 Å². The van der Waals surface area contributed by atoms with Crippen molar-refractivity contribution in [1.82, 2.24) is 9.80 Å². The third kappa shape index (κ3) is 6.55. The van der Waals surface area contributed by atoms with Crippen molar-refractivity contribution in [2.45, 2.75) is 31.7 Å². The number of para-hydroxylation sites is 1. The Morgan fingerprint density at radius 2 is 1.92 bits per heavy atom. The fourth-order valence-electron chi connectivity index (χ4n) is 2.43. The fourth-order valence-corrected chi connectivity index (χ4v) is 2.98. The molecule has 0 spiro atoms. The summed E-state index contributed by atoms with van der Waals surface area (Å²) in [6.07, 6.45) is 1.97. The van der Waals surface area contributed by atoms with E-state index in [9.17, 15) is 9.59 Å². The predicted molar refractivity (Wildman–Crippen MR) is 106 cm³/mol. The van der Waals surface area contributed by atoms with Gasteiger partial charge in [0.25, 0.3) is 0 Å². The molecule has 0 aliphatic heterocycles. The van der Waals surface area contributed by atoms with Crippen LogP contribution in [0, 0.1) is 0 Å². The highest BCUT2D eigenvalue weighted by molar-refractivity contribution is 7.98. The smallest absolute Gasteiger partial charge is 0.239 e. The summed E-state index contributed by atoms with van der Waals surface area (Å²) < 4.78 is 0. The van der Waals surface area contributed by atoms with Crippen LogP contribution in [0.1, 0.15) is 20.8 Å². The largest absolute Gasteiger partial charge is 0.338 e. The summed E-state index contributed by atoms with van der Waals surface area (Å²) in [4.78, 5) is 29.5. The summed E-state index contributed by atoms with van der Waals surface area (Å²) in [5.74, 6) is -0.128. The lowest BCUT2D eigenvalue weighted by Gasteiger charge is -2.29. The molecule has 138 valence electrons. The number of rotatable bonds is 9. The van der Waals surface area contributed by atoms with E-state index in [0.717, 1.165) is 16.2 Å². The van der Waals surface area contributed by atoms with Crippen LogP contribution >= 0.6 is 11.8 Å². The minimum absolute atomic E-state index is 0.00492. The molecular formula is C19H29N3O2S. The zero-order chi connectivity index (χ0) is 19.0. The number of anilines is 1. The van der Waals surface area contributed by atoms with Crippen molar-refractivity contribution in [2.24, 2.45) is 0 Å². The number of hydrogen-bond acceptors (Lipinski definition) is 4. The zero-order valence-corrected chi connectivity index (χ0v) is 16.7. The van der Waals surface area contributed by atoms with E-state index in [4.69, 9.17) is 0 Å². The number of thioether (sulfide) groups is 1. The average molecular weight is 364 g/mol. The van der Waals surface area contributed by atoms with Crippen molar-refractivity contribution >= 4 is 29.3 Å². The Morgan fingerprint density at radius 1 is 1.28 bits per heavy atom. The van der Waals surface area contributed by atoms with Gasteiger partial charge in [-0.25, -0.2) is 0 Å². The lowest BCUT2D eigenvalue weighted by Crippen LogP contribution is -2.48. The van der Waals surface area contributed by atoms with Crippen molar-refractivity contribution in [3.05, 3.63) is 36.4 Å². The van der Waals surface area contributed by atoms with E-state index in [-0.39, 0.29) is 24.4 Å². The molecule has 0 heterocycles. The van der Waals surface area contributed by atoms with Crippen molar-refractivity contribution < 1.29 is 9.59 Å². The summed E-state index contributed by atoms with van der Waals surface area (Å²) >= 11 is 1.58. The quantitative estimate of drug-likeness (QED) is 0.541. The molecule has 0 saturated heterocycles.